The fraction of sp³-hybridized carbons (Fsp3) is 0.333. The normalized spacial score (nSPS) is 10.7. The van der Waals surface area contributed by atoms with Crippen LogP contribution in [0.25, 0.3) is 0 Å². The van der Waals surface area contributed by atoms with Gasteiger partial charge in [0, 0.05) is 16.2 Å². The SMILES string of the molecule is CCc1nc(CSc2cccc(C)c2)nc(N)c1C. The highest BCUT2D eigenvalue weighted by Crippen LogP contribution is 2.23. The van der Waals surface area contributed by atoms with E-state index in [1.807, 2.05) is 6.92 Å². The summed E-state index contributed by atoms with van der Waals surface area (Å²) in [5, 5.41) is 0. The summed E-state index contributed by atoms with van der Waals surface area (Å²) < 4.78 is 0. The highest BCUT2D eigenvalue weighted by atomic mass is 32.2. The first-order valence-electron chi connectivity index (χ1n) is 6.41. The van der Waals surface area contributed by atoms with Gasteiger partial charge in [-0.1, -0.05) is 24.6 Å². The number of hydrogen-bond donors (Lipinski definition) is 1. The van der Waals surface area contributed by atoms with Crippen LogP contribution in [-0.2, 0) is 12.2 Å². The molecule has 0 saturated heterocycles. The van der Waals surface area contributed by atoms with Gasteiger partial charge in [0.2, 0.25) is 0 Å². The fourth-order valence-corrected chi connectivity index (χ4v) is 2.77. The summed E-state index contributed by atoms with van der Waals surface area (Å²) in [6, 6.07) is 8.44. The minimum Gasteiger partial charge on any atom is -0.383 e. The Kier molecular flexibility index (Phi) is 4.43. The highest BCUT2D eigenvalue weighted by molar-refractivity contribution is 7.98. The van der Waals surface area contributed by atoms with Gasteiger partial charge >= 0.3 is 0 Å². The molecule has 0 radical (unpaired) electrons. The van der Waals surface area contributed by atoms with Crippen LogP contribution < -0.4 is 5.73 Å². The summed E-state index contributed by atoms with van der Waals surface area (Å²) in [6.45, 7) is 6.16. The molecule has 2 rings (SSSR count). The number of benzene rings is 1. The van der Waals surface area contributed by atoms with Gasteiger partial charge in [-0.25, -0.2) is 9.97 Å². The largest absolute Gasteiger partial charge is 0.383 e. The van der Waals surface area contributed by atoms with Crippen molar-refractivity contribution in [1.29, 1.82) is 0 Å². The first-order valence-corrected chi connectivity index (χ1v) is 7.40. The molecular weight excluding hydrogens is 254 g/mol. The topological polar surface area (TPSA) is 51.8 Å². The minimum absolute atomic E-state index is 0.603. The summed E-state index contributed by atoms with van der Waals surface area (Å²) in [6.07, 6.45) is 0.890. The zero-order valence-corrected chi connectivity index (χ0v) is 12.4. The van der Waals surface area contributed by atoms with Crippen molar-refractivity contribution in [3.8, 4) is 0 Å². The van der Waals surface area contributed by atoms with Gasteiger partial charge in [0.1, 0.15) is 11.6 Å². The van der Waals surface area contributed by atoms with Crippen molar-refractivity contribution < 1.29 is 0 Å². The Labute approximate surface area is 118 Å². The molecule has 0 atom stereocenters. The molecule has 100 valence electrons. The second kappa shape index (κ2) is 6.06. The number of nitrogen functional groups attached to an aromatic ring is 1. The van der Waals surface area contributed by atoms with E-state index in [1.54, 1.807) is 11.8 Å². The molecule has 0 aliphatic carbocycles. The molecule has 0 aliphatic heterocycles. The predicted molar refractivity (Wildman–Crippen MR) is 81.3 cm³/mol. The van der Waals surface area contributed by atoms with Crippen molar-refractivity contribution in [2.75, 3.05) is 5.73 Å². The lowest BCUT2D eigenvalue weighted by atomic mass is 10.2. The summed E-state index contributed by atoms with van der Waals surface area (Å²) in [5.41, 5.74) is 9.25. The lowest BCUT2D eigenvalue weighted by Gasteiger charge is -2.08. The average Bonchev–Trinajstić information content (AvgIpc) is 2.40. The number of anilines is 1. The van der Waals surface area contributed by atoms with Crippen LogP contribution in [0.2, 0.25) is 0 Å². The van der Waals surface area contributed by atoms with Crippen molar-refractivity contribution >= 4 is 17.6 Å². The molecule has 0 saturated carbocycles. The Morgan fingerprint density at radius 3 is 2.68 bits per heavy atom. The molecule has 0 spiro atoms. The van der Waals surface area contributed by atoms with E-state index < -0.39 is 0 Å². The Hall–Kier alpha value is -1.55. The Morgan fingerprint density at radius 1 is 1.21 bits per heavy atom. The molecule has 0 amide bonds. The minimum atomic E-state index is 0.603. The monoisotopic (exact) mass is 273 g/mol. The molecule has 19 heavy (non-hydrogen) atoms. The van der Waals surface area contributed by atoms with Crippen LogP contribution in [0, 0.1) is 13.8 Å². The zero-order valence-electron chi connectivity index (χ0n) is 11.6. The molecule has 0 aliphatic rings. The van der Waals surface area contributed by atoms with Crippen molar-refractivity contribution in [2.24, 2.45) is 0 Å². The summed E-state index contributed by atoms with van der Waals surface area (Å²) in [5.74, 6) is 2.17. The van der Waals surface area contributed by atoms with Crippen molar-refractivity contribution in [3.05, 3.63) is 46.9 Å². The highest BCUT2D eigenvalue weighted by Gasteiger charge is 2.07. The van der Waals surface area contributed by atoms with Gasteiger partial charge < -0.3 is 5.73 Å². The van der Waals surface area contributed by atoms with Gasteiger partial charge in [0.15, 0.2) is 0 Å². The first-order chi connectivity index (χ1) is 9.10. The third kappa shape index (κ3) is 3.47. The van der Waals surface area contributed by atoms with E-state index in [-0.39, 0.29) is 0 Å². The second-order valence-corrected chi connectivity index (χ2v) is 5.60. The molecule has 1 aromatic heterocycles. The molecule has 1 heterocycles. The maximum atomic E-state index is 5.93. The third-order valence-electron chi connectivity index (χ3n) is 3.02. The molecular formula is C15H19N3S. The van der Waals surface area contributed by atoms with Gasteiger partial charge in [-0.15, -0.1) is 11.8 Å². The second-order valence-electron chi connectivity index (χ2n) is 4.56. The maximum absolute atomic E-state index is 5.93. The predicted octanol–water partition coefficient (Wildman–Crippen LogP) is 3.53. The summed E-state index contributed by atoms with van der Waals surface area (Å²) >= 11 is 1.74. The lowest BCUT2D eigenvalue weighted by Crippen LogP contribution is -2.05. The van der Waals surface area contributed by atoms with Gasteiger partial charge in [-0.05, 0) is 32.4 Å². The summed E-state index contributed by atoms with van der Waals surface area (Å²) in [7, 11) is 0. The van der Waals surface area contributed by atoms with Crippen LogP contribution >= 0.6 is 11.8 Å². The van der Waals surface area contributed by atoms with Gasteiger partial charge in [0.05, 0.1) is 5.75 Å². The zero-order chi connectivity index (χ0) is 13.8. The van der Waals surface area contributed by atoms with E-state index in [2.05, 4.69) is 48.1 Å². The van der Waals surface area contributed by atoms with Crippen LogP contribution in [-0.4, -0.2) is 9.97 Å². The smallest absolute Gasteiger partial charge is 0.141 e. The van der Waals surface area contributed by atoms with Gasteiger partial charge in [-0.3, -0.25) is 0 Å². The maximum Gasteiger partial charge on any atom is 0.141 e. The standard InChI is InChI=1S/C15H19N3S/c1-4-13-11(3)15(16)18-14(17-13)9-19-12-7-5-6-10(2)8-12/h5-8H,4,9H2,1-3H3,(H2,16,17,18). The molecule has 0 fully saturated rings. The number of nitrogens with zero attached hydrogens (tertiary/aromatic N) is 2. The van der Waals surface area contributed by atoms with Crippen molar-refractivity contribution in [1.82, 2.24) is 9.97 Å². The van der Waals surface area contributed by atoms with E-state index in [0.717, 1.165) is 29.3 Å². The molecule has 1 aromatic carbocycles. The Morgan fingerprint density at radius 2 is 2.00 bits per heavy atom. The first kappa shape index (κ1) is 13.9. The number of aromatic nitrogens is 2. The van der Waals surface area contributed by atoms with Crippen LogP contribution in [0.3, 0.4) is 0 Å². The number of nitrogens with two attached hydrogens (primary N) is 1. The quantitative estimate of drug-likeness (QED) is 0.866. The van der Waals surface area contributed by atoms with E-state index >= 15 is 0 Å². The molecule has 2 aromatic rings. The number of hydrogen-bond acceptors (Lipinski definition) is 4. The summed E-state index contributed by atoms with van der Waals surface area (Å²) in [4.78, 5) is 10.2. The van der Waals surface area contributed by atoms with Crippen molar-refractivity contribution in [3.63, 3.8) is 0 Å². The molecule has 2 N–H and O–H groups in total. The molecule has 0 unspecified atom stereocenters. The number of thioether (sulfide) groups is 1. The fourth-order valence-electron chi connectivity index (χ4n) is 1.90. The van der Waals surface area contributed by atoms with Gasteiger partial charge in [-0.2, -0.15) is 0 Å². The third-order valence-corrected chi connectivity index (χ3v) is 4.01. The Balaban J connectivity index is 2.13. The average molecular weight is 273 g/mol. The van der Waals surface area contributed by atoms with E-state index in [9.17, 15) is 0 Å². The Bertz CT molecular complexity index is 582. The van der Waals surface area contributed by atoms with Crippen LogP contribution in [0.4, 0.5) is 5.82 Å². The molecule has 0 bridgehead atoms. The van der Waals surface area contributed by atoms with E-state index in [4.69, 9.17) is 5.73 Å². The van der Waals surface area contributed by atoms with Crippen molar-refractivity contribution in [2.45, 2.75) is 37.8 Å². The lowest BCUT2D eigenvalue weighted by molar-refractivity contribution is 0.924. The van der Waals surface area contributed by atoms with Crippen LogP contribution in [0.5, 0.6) is 0 Å². The van der Waals surface area contributed by atoms with E-state index in [1.165, 1.54) is 10.5 Å². The van der Waals surface area contributed by atoms with Crippen LogP contribution in [0.15, 0.2) is 29.2 Å². The van der Waals surface area contributed by atoms with Gasteiger partial charge in [0.25, 0.3) is 0 Å². The number of aryl methyl sites for hydroxylation is 2. The molecule has 4 heteroatoms. The van der Waals surface area contributed by atoms with Crippen LogP contribution in [0.1, 0.15) is 29.6 Å². The number of rotatable bonds is 4. The van der Waals surface area contributed by atoms with E-state index in [0.29, 0.717) is 5.82 Å². The molecule has 3 nitrogen and oxygen atoms in total.